The molecule has 0 saturated carbocycles. The first-order chi connectivity index (χ1) is 8.79. The minimum Gasteiger partial charge on any atom is -0.352 e. The molecule has 2 aromatic rings. The number of hydrogen-bond acceptors (Lipinski definition) is 4. The van der Waals surface area contributed by atoms with E-state index in [4.69, 9.17) is 11.6 Å². The topological polar surface area (TPSA) is 57.7 Å². The number of nitrogens with zero attached hydrogens (tertiary/aromatic N) is 4. The van der Waals surface area contributed by atoms with Crippen molar-refractivity contribution in [2.45, 2.75) is 38.6 Å². The zero-order valence-electron chi connectivity index (χ0n) is 10.4. The van der Waals surface area contributed by atoms with Gasteiger partial charge in [0, 0.05) is 12.6 Å². The van der Waals surface area contributed by atoms with Crippen LogP contribution in [0.3, 0.4) is 0 Å². The number of piperidine rings is 1. The van der Waals surface area contributed by atoms with Gasteiger partial charge < -0.3 is 9.88 Å². The molecule has 0 spiro atoms. The molecule has 1 N–H and O–H groups in total. The molecule has 0 amide bonds. The summed E-state index contributed by atoms with van der Waals surface area (Å²) in [5, 5.41) is 0.269. The summed E-state index contributed by atoms with van der Waals surface area (Å²) in [6, 6.07) is 0.538. The molecule has 96 valence electrons. The first kappa shape index (κ1) is 11.7. The van der Waals surface area contributed by atoms with Crippen LogP contribution in [0.15, 0.2) is 6.33 Å². The van der Waals surface area contributed by atoms with Crippen molar-refractivity contribution in [3.63, 3.8) is 0 Å². The van der Waals surface area contributed by atoms with Gasteiger partial charge in [-0.05, 0) is 37.3 Å². The normalized spacial score (nSPS) is 20.6. The van der Waals surface area contributed by atoms with Crippen LogP contribution in [0.5, 0.6) is 0 Å². The molecular weight excluding hydrogens is 250 g/mol. The second-order valence-corrected chi connectivity index (χ2v) is 5.01. The van der Waals surface area contributed by atoms with E-state index in [1.807, 2.05) is 0 Å². The Morgan fingerprint density at radius 3 is 3.17 bits per heavy atom. The molecular formula is C12H16ClN5. The maximum absolute atomic E-state index is 5.99. The minimum absolute atomic E-state index is 0.269. The number of anilines is 1. The zero-order valence-corrected chi connectivity index (χ0v) is 11.1. The summed E-state index contributed by atoms with van der Waals surface area (Å²) in [4.78, 5) is 18.2. The minimum atomic E-state index is 0.269. The lowest BCUT2D eigenvalue weighted by molar-refractivity contribution is 0.447. The second kappa shape index (κ2) is 4.72. The highest BCUT2D eigenvalue weighted by Gasteiger charge is 2.25. The molecule has 3 heterocycles. The number of nitrogens with one attached hydrogen (secondary N) is 1. The molecule has 1 saturated heterocycles. The molecule has 0 aromatic carbocycles. The predicted octanol–water partition coefficient (Wildman–Crippen LogP) is 2.78. The quantitative estimate of drug-likeness (QED) is 0.849. The van der Waals surface area contributed by atoms with Crippen LogP contribution >= 0.6 is 11.6 Å². The van der Waals surface area contributed by atoms with Crippen molar-refractivity contribution in [2.24, 2.45) is 0 Å². The van der Waals surface area contributed by atoms with Crippen molar-refractivity contribution < 1.29 is 0 Å². The van der Waals surface area contributed by atoms with Crippen LogP contribution in [0.1, 0.15) is 32.6 Å². The molecule has 0 aliphatic carbocycles. The van der Waals surface area contributed by atoms with Gasteiger partial charge in [-0.3, -0.25) is 0 Å². The van der Waals surface area contributed by atoms with E-state index < -0.39 is 0 Å². The smallest absolute Gasteiger partial charge is 0.226 e. The predicted molar refractivity (Wildman–Crippen MR) is 72.0 cm³/mol. The number of rotatable bonds is 2. The summed E-state index contributed by atoms with van der Waals surface area (Å²) in [5.74, 6) is 0.897. The average molecular weight is 266 g/mol. The number of H-pyrrole nitrogens is 1. The Kier molecular flexibility index (Phi) is 3.07. The zero-order chi connectivity index (χ0) is 12.5. The number of aromatic amines is 1. The fourth-order valence-electron chi connectivity index (χ4n) is 2.70. The van der Waals surface area contributed by atoms with Gasteiger partial charge in [0.05, 0.1) is 6.33 Å². The third kappa shape index (κ3) is 1.92. The summed E-state index contributed by atoms with van der Waals surface area (Å²) >= 11 is 5.99. The van der Waals surface area contributed by atoms with Gasteiger partial charge in [-0.2, -0.15) is 9.97 Å². The molecule has 0 bridgehead atoms. The largest absolute Gasteiger partial charge is 0.352 e. The van der Waals surface area contributed by atoms with Crippen molar-refractivity contribution in [1.29, 1.82) is 0 Å². The summed E-state index contributed by atoms with van der Waals surface area (Å²) in [6.07, 6.45) is 6.47. The van der Waals surface area contributed by atoms with Gasteiger partial charge in [0.25, 0.3) is 0 Å². The van der Waals surface area contributed by atoms with Gasteiger partial charge in [-0.1, -0.05) is 6.92 Å². The number of hydrogen-bond donors (Lipinski definition) is 1. The Morgan fingerprint density at radius 2 is 2.33 bits per heavy atom. The van der Waals surface area contributed by atoms with Gasteiger partial charge in [0.1, 0.15) is 5.52 Å². The maximum Gasteiger partial charge on any atom is 0.226 e. The molecule has 18 heavy (non-hydrogen) atoms. The monoisotopic (exact) mass is 265 g/mol. The van der Waals surface area contributed by atoms with Gasteiger partial charge in [0.15, 0.2) is 11.5 Å². The first-order valence-corrected chi connectivity index (χ1v) is 6.80. The number of fused-ring (bicyclic) bond motifs is 1. The number of aromatic nitrogens is 4. The highest BCUT2D eigenvalue weighted by atomic mass is 35.5. The van der Waals surface area contributed by atoms with Crippen LogP contribution in [-0.4, -0.2) is 32.5 Å². The summed E-state index contributed by atoms with van der Waals surface area (Å²) in [6.45, 7) is 3.25. The third-order valence-electron chi connectivity index (χ3n) is 3.61. The van der Waals surface area contributed by atoms with E-state index in [1.165, 1.54) is 19.3 Å². The average Bonchev–Trinajstić information content (AvgIpc) is 2.85. The van der Waals surface area contributed by atoms with Crippen LogP contribution < -0.4 is 4.90 Å². The molecule has 3 rings (SSSR count). The molecule has 1 fully saturated rings. The Hall–Kier alpha value is -1.36. The van der Waals surface area contributed by atoms with Crippen LogP contribution in [0.2, 0.25) is 5.28 Å². The fourth-order valence-corrected chi connectivity index (χ4v) is 2.86. The summed E-state index contributed by atoms with van der Waals surface area (Å²) in [5.41, 5.74) is 1.53. The molecule has 6 heteroatoms. The lowest BCUT2D eigenvalue weighted by Crippen LogP contribution is -2.39. The number of halogens is 1. The van der Waals surface area contributed by atoms with Crippen molar-refractivity contribution in [2.75, 3.05) is 11.4 Å². The van der Waals surface area contributed by atoms with Crippen LogP contribution in [0.4, 0.5) is 5.82 Å². The molecule has 0 radical (unpaired) electrons. The van der Waals surface area contributed by atoms with Gasteiger partial charge >= 0.3 is 0 Å². The second-order valence-electron chi connectivity index (χ2n) is 4.67. The summed E-state index contributed by atoms with van der Waals surface area (Å²) < 4.78 is 0. The number of imidazole rings is 1. The van der Waals surface area contributed by atoms with E-state index in [0.717, 1.165) is 24.3 Å². The van der Waals surface area contributed by atoms with Crippen molar-refractivity contribution in [3.8, 4) is 0 Å². The lowest BCUT2D eigenvalue weighted by atomic mass is 10.00. The highest BCUT2D eigenvalue weighted by Crippen LogP contribution is 2.29. The Morgan fingerprint density at radius 1 is 1.44 bits per heavy atom. The lowest BCUT2D eigenvalue weighted by Gasteiger charge is -2.36. The van der Waals surface area contributed by atoms with Crippen LogP contribution in [-0.2, 0) is 0 Å². The van der Waals surface area contributed by atoms with Crippen LogP contribution in [0.25, 0.3) is 11.2 Å². The third-order valence-corrected chi connectivity index (χ3v) is 3.78. The first-order valence-electron chi connectivity index (χ1n) is 6.43. The van der Waals surface area contributed by atoms with E-state index in [-0.39, 0.29) is 5.28 Å². The molecule has 1 atom stereocenters. The van der Waals surface area contributed by atoms with Crippen LogP contribution in [0, 0.1) is 0 Å². The van der Waals surface area contributed by atoms with Gasteiger partial charge in [-0.25, -0.2) is 4.98 Å². The Bertz CT molecular complexity index is 552. The molecule has 2 aromatic heterocycles. The van der Waals surface area contributed by atoms with E-state index in [1.54, 1.807) is 6.33 Å². The molecule has 5 nitrogen and oxygen atoms in total. The van der Waals surface area contributed by atoms with Crippen molar-refractivity contribution in [1.82, 2.24) is 19.9 Å². The summed E-state index contributed by atoms with van der Waals surface area (Å²) in [7, 11) is 0. The van der Waals surface area contributed by atoms with Gasteiger partial charge in [0.2, 0.25) is 5.28 Å². The molecule has 1 unspecified atom stereocenters. The van der Waals surface area contributed by atoms with Crippen molar-refractivity contribution in [3.05, 3.63) is 11.6 Å². The Balaban J connectivity index is 2.08. The van der Waals surface area contributed by atoms with E-state index in [2.05, 4.69) is 31.8 Å². The Labute approximate surface area is 111 Å². The SMILES string of the molecule is CCC1CCCCN1c1nc(Cl)nc2nc[nH]c12. The van der Waals surface area contributed by atoms with E-state index in [0.29, 0.717) is 11.7 Å². The molecule has 1 aliphatic rings. The van der Waals surface area contributed by atoms with E-state index >= 15 is 0 Å². The van der Waals surface area contributed by atoms with Crippen molar-refractivity contribution >= 4 is 28.6 Å². The van der Waals surface area contributed by atoms with Gasteiger partial charge in [-0.15, -0.1) is 0 Å². The standard InChI is InChI=1S/C12H16ClN5/c1-2-8-5-3-4-6-18(8)11-9-10(15-7-14-9)16-12(13)17-11/h7-8H,2-6H2,1H3,(H,14,15,16,17). The van der Waals surface area contributed by atoms with E-state index in [9.17, 15) is 0 Å². The fraction of sp³-hybridized carbons (Fsp3) is 0.583. The molecule has 1 aliphatic heterocycles. The highest BCUT2D eigenvalue weighted by molar-refractivity contribution is 6.28. The maximum atomic E-state index is 5.99.